The summed E-state index contributed by atoms with van der Waals surface area (Å²) in [6.45, 7) is 4.70. The third kappa shape index (κ3) is 9.12. The number of aromatic nitrogens is 2. The Morgan fingerprint density at radius 1 is 0.959 bits per heavy atom. The number of fused-ring (bicyclic) bond motifs is 1. The van der Waals surface area contributed by atoms with E-state index in [1.807, 2.05) is 73.8 Å². The topological polar surface area (TPSA) is 62.6 Å². The monoisotopic (exact) mass is 701 g/mol. The molecule has 1 aliphatic heterocycles. The van der Waals surface area contributed by atoms with Gasteiger partial charge in [0.05, 0.1) is 27.7 Å². The van der Waals surface area contributed by atoms with Crippen LogP contribution in [0.15, 0.2) is 97.1 Å². The lowest BCUT2D eigenvalue weighted by Gasteiger charge is -2.34. The minimum atomic E-state index is -0.272. The number of hydrogen-bond acceptors (Lipinski definition) is 5. The summed E-state index contributed by atoms with van der Waals surface area (Å²) >= 11 is 12.7. The minimum Gasteiger partial charge on any atom is -0.494 e. The number of anilines is 1. The Bertz CT molecular complexity index is 1830. The van der Waals surface area contributed by atoms with Gasteiger partial charge in [0.1, 0.15) is 11.6 Å². The highest BCUT2D eigenvalue weighted by Crippen LogP contribution is 2.30. The van der Waals surface area contributed by atoms with E-state index in [-0.39, 0.29) is 17.6 Å². The van der Waals surface area contributed by atoms with Crippen LogP contribution in [-0.2, 0) is 6.54 Å². The van der Waals surface area contributed by atoms with Crippen LogP contribution in [0.25, 0.3) is 11.0 Å². The van der Waals surface area contributed by atoms with E-state index in [9.17, 15) is 9.18 Å². The fourth-order valence-corrected chi connectivity index (χ4v) is 6.83. The molecule has 0 bridgehead atoms. The van der Waals surface area contributed by atoms with Gasteiger partial charge in [-0.25, -0.2) is 9.37 Å². The zero-order chi connectivity index (χ0) is 34.2. The van der Waals surface area contributed by atoms with Gasteiger partial charge in [0.2, 0.25) is 5.95 Å². The number of halogens is 3. The van der Waals surface area contributed by atoms with E-state index in [0.717, 1.165) is 74.4 Å². The Morgan fingerprint density at radius 3 is 2.45 bits per heavy atom. The number of ether oxygens (including phenoxy) is 1. The molecule has 5 aromatic rings. The van der Waals surface area contributed by atoms with Crippen molar-refractivity contribution in [2.75, 3.05) is 45.2 Å². The van der Waals surface area contributed by atoms with Crippen molar-refractivity contribution in [3.8, 4) is 5.75 Å². The number of likely N-dealkylation sites (tertiary alicyclic amines) is 1. The fraction of sp³-hybridized carbons (Fsp3) is 0.333. The maximum atomic E-state index is 13.2. The molecule has 1 amide bonds. The lowest BCUT2D eigenvalue weighted by Crippen LogP contribution is -2.40. The van der Waals surface area contributed by atoms with Crippen LogP contribution in [0.1, 0.15) is 47.5 Å². The van der Waals surface area contributed by atoms with Gasteiger partial charge in [-0.1, -0.05) is 59.6 Å². The number of imidazole rings is 1. The summed E-state index contributed by atoms with van der Waals surface area (Å²) in [6, 6.07) is 29.8. The van der Waals surface area contributed by atoms with Gasteiger partial charge in [0.25, 0.3) is 5.91 Å². The van der Waals surface area contributed by atoms with Gasteiger partial charge in [0.15, 0.2) is 0 Å². The second-order valence-corrected chi connectivity index (χ2v) is 13.5. The van der Waals surface area contributed by atoms with Crippen LogP contribution in [-0.4, -0.2) is 71.1 Å². The van der Waals surface area contributed by atoms with E-state index in [2.05, 4.69) is 20.9 Å². The highest BCUT2D eigenvalue weighted by molar-refractivity contribution is 6.42. The molecule has 1 N–H and O–H groups in total. The van der Waals surface area contributed by atoms with Gasteiger partial charge >= 0.3 is 0 Å². The van der Waals surface area contributed by atoms with Crippen molar-refractivity contribution in [2.45, 2.75) is 44.2 Å². The fourth-order valence-electron chi connectivity index (χ4n) is 6.52. The van der Waals surface area contributed by atoms with Crippen LogP contribution in [0, 0.1) is 5.82 Å². The number of amides is 1. The largest absolute Gasteiger partial charge is 0.494 e. The molecule has 2 heterocycles. The van der Waals surface area contributed by atoms with E-state index in [0.29, 0.717) is 40.6 Å². The molecule has 0 spiro atoms. The quantitative estimate of drug-likeness (QED) is 0.117. The number of carbonyl (C=O) groups excluding carboxylic acids is 1. The van der Waals surface area contributed by atoms with Crippen LogP contribution < -0.4 is 10.1 Å². The van der Waals surface area contributed by atoms with E-state index in [1.165, 1.54) is 12.1 Å². The molecule has 1 atom stereocenters. The first-order valence-electron chi connectivity index (χ1n) is 16.9. The van der Waals surface area contributed by atoms with Crippen molar-refractivity contribution >= 4 is 46.1 Å². The number of likely N-dealkylation sites (N-methyl/N-ethyl adjacent to an activating group) is 1. The molecule has 1 fully saturated rings. The number of nitrogens with one attached hydrogen (secondary N) is 1. The smallest absolute Gasteiger partial charge is 0.253 e. The summed E-state index contributed by atoms with van der Waals surface area (Å²) in [5, 5.41) is 4.81. The number of aryl methyl sites for hydroxylation is 1. The molecule has 4 aromatic carbocycles. The summed E-state index contributed by atoms with van der Waals surface area (Å²) in [5.41, 5.74) is 3.82. The van der Waals surface area contributed by atoms with E-state index in [1.54, 1.807) is 17.0 Å². The predicted molar refractivity (Wildman–Crippen MR) is 197 cm³/mol. The molecular formula is C39H42Cl2FN5O2. The second-order valence-electron chi connectivity index (χ2n) is 12.7. The third-order valence-corrected chi connectivity index (χ3v) is 9.99. The van der Waals surface area contributed by atoms with Gasteiger partial charge in [-0.3, -0.25) is 4.79 Å². The lowest BCUT2D eigenvalue weighted by atomic mass is 9.94. The average Bonchev–Trinajstić information content (AvgIpc) is 3.47. The first-order valence-corrected chi connectivity index (χ1v) is 17.7. The van der Waals surface area contributed by atoms with Crippen LogP contribution in [0.2, 0.25) is 10.0 Å². The molecule has 49 heavy (non-hydrogen) atoms. The van der Waals surface area contributed by atoms with Crippen molar-refractivity contribution < 1.29 is 13.9 Å². The number of carbonyl (C=O) groups is 1. The first kappa shape index (κ1) is 34.7. The SMILES string of the molecule is CN(CC(CCN1CCC(Nc2nc3ccccc3n2CCCOc2ccc(F)cc2)CC1)c1ccc(Cl)c(Cl)c1)C(=O)c1ccccc1. The Hall–Kier alpha value is -4.11. The lowest BCUT2D eigenvalue weighted by molar-refractivity contribution is 0.0782. The highest BCUT2D eigenvalue weighted by atomic mass is 35.5. The number of nitrogens with zero attached hydrogens (tertiary/aromatic N) is 4. The Labute approximate surface area is 297 Å². The zero-order valence-electron chi connectivity index (χ0n) is 27.7. The van der Waals surface area contributed by atoms with Crippen molar-refractivity contribution in [3.63, 3.8) is 0 Å². The zero-order valence-corrected chi connectivity index (χ0v) is 29.2. The summed E-state index contributed by atoms with van der Waals surface area (Å²) in [7, 11) is 1.86. The molecular weight excluding hydrogens is 660 g/mol. The maximum absolute atomic E-state index is 13.2. The summed E-state index contributed by atoms with van der Waals surface area (Å²) in [6.07, 6.45) is 3.68. The predicted octanol–water partition coefficient (Wildman–Crippen LogP) is 8.77. The van der Waals surface area contributed by atoms with Crippen molar-refractivity contribution in [1.82, 2.24) is 19.4 Å². The van der Waals surface area contributed by atoms with Crippen LogP contribution in [0.3, 0.4) is 0 Å². The maximum Gasteiger partial charge on any atom is 0.253 e. The van der Waals surface area contributed by atoms with Crippen molar-refractivity contribution in [1.29, 1.82) is 0 Å². The van der Waals surface area contributed by atoms with Crippen LogP contribution in [0.4, 0.5) is 10.3 Å². The second kappa shape index (κ2) is 16.5. The van der Waals surface area contributed by atoms with Gasteiger partial charge in [0, 0.05) is 50.7 Å². The molecule has 7 nitrogen and oxygen atoms in total. The number of hydrogen-bond donors (Lipinski definition) is 1. The van der Waals surface area contributed by atoms with E-state index >= 15 is 0 Å². The molecule has 0 saturated carbocycles. The molecule has 1 aliphatic rings. The number of rotatable bonds is 14. The minimum absolute atomic E-state index is 0.00368. The van der Waals surface area contributed by atoms with Crippen molar-refractivity contribution in [3.05, 3.63) is 124 Å². The Morgan fingerprint density at radius 2 is 1.69 bits per heavy atom. The van der Waals surface area contributed by atoms with Gasteiger partial charge < -0.3 is 24.4 Å². The average molecular weight is 703 g/mol. The summed E-state index contributed by atoms with van der Waals surface area (Å²) in [4.78, 5) is 22.4. The normalized spacial score (nSPS) is 14.5. The standard InChI is InChI=1S/C39H42Cl2FN5O2/c1-45(38(48)28-8-3-2-4-9-28)27-30(29-12-17-34(40)35(41)26-29)18-22-46-23-19-32(20-24-46)43-39-44-36-10-5-6-11-37(36)47(39)21-7-25-49-33-15-13-31(42)14-16-33/h2-6,8-17,26,30,32H,7,18-25,27H2,1H3,(H,43,44). The molecule has 256 valence electrons. The Kier molecular flexibility index (Phi) is 11.7. The molecule has 0 radical (unpaired) electrons. The summed E-state index contributed by atoms with van der Waals surface area (Å²) < 4.78 is 21.3. The van der Waals surface area contributed by atoms with E-state index < -0.39 is 0 Å². The number of para-hydroxylation sites is 2. The Balaban J connectivity index is 1.04. The molecule has 0 aliphatic carbocycles. The highest BCUT2D eigenvalue weighted by Gasteiger charge is 2.24. The molecule has 1 saturated heterocycles. The number of benzene rings is 4. The first-order chi connectivity index (χ1) is 23.8. The van der Waals surface area contributed by atoms with Crippen LogP contribution >= 0.6 is 23.2 Å². The molecule has 10 heteroatoms. The van der Waals surface area contributed by atoms with Gasteiger partial charge in [-0.05, 0) is 98.5 Å². The summed E-state index contributed by atoms with van der Waals surface area (Å²) in [5.74, 6) is 1.38. The van der Waals surface area contributed by atoms with E-state index in [4.69, 9.17) is 32.9 Å². The van der Waals surface area contributed by atoms with Crippen molar-refractivity contribution in [2.24, 2.45) is 0 Å². The van der Waals surface area contributed by atoms with Gasteiger partial charge in [-0.2, -0.15) is 0 Å². The third-order valence-electron chi connectivity index (χ3n) is 9.25. The molecule has 1 unspecified atom stereocenters. The number of piperidine rings is 1. The van der Waals surface area contributed by atoms with Gasteiger partial charge in [-0.15, -0.1) is 0 Å². The van der Waals surface area contributed by atoms with Crippen LogP contribution in [0.5, 0.6) is 5.75 Å². The molecule has 1 aromatic heterocycles. The molecule has 6 rings (SSSR count).